The molecule has 1 spiro atoms. The van der Waals surface area contributed by atoms with Gasteiger partial charge in [0.2, 0.25) is 0 Å². The summed E-state index contributed by atoms with van der Waals surface area (Å²) in [6.07, 6.45) is 6.22. The van der Waals surface area contributed by atoms with Crippen molar-refractivity contribution in [2.75, 3.05) is 6.54 Å². The van der Waals surface area contributed by atoms with E-state index in [1.54, 1.807) is 0 Å². The second-order valence-corrected chi connectivity index (χ2v) is 3.71. The van der Waals surface area contributed by atoms with Crippen molar-refractivity contribution in [2.24, 2.45) is 5.73 Å². The molecule has 2 rings (SSSR count). The molecule has 0 bridgehead atoms. The highest BCUT2D eigenvalue weighted by atomic mass is 16.2. The van der Waals surface area contributed by atoms with Gasteiger partial charge in [-0.2, -0.15) is 0 Å². The number of rotatable bonds is 0. The van der Waals surface area contributed by atoms with Crippen molar-refractivity contribution >= 4 is 6.03 Å². The highest BCUT2D eigenvalue weighted by Gasteiger charge is 2.53. The lowest BCUT2D eigenvalue weighted by Crippen LogP contribution is -2.29. The largest absolute Gasteiger partial charge is 0.351 e. The smallest absolute Gasteiger partial charge is 0.315 e. The van der Waals surface area contributed by atoms with Crippen LogP contribution in [0.3, 0.4) is 0 Å². The van der Waals surface area contributed by atoms with Crippen molar-refractivity contribution < 1.29 is 4.79 Å². The van der Waals surface area contributed by atoms with Gasteiger partial charge in [-0.05, 0) is 12.8 Å². The van der Waals surface area contributed by atoms with E-state index in [9.17, 15) is 4.79 Å². The molecule has 1 aliphatic carbocycles. The zero-order chi connectivity index (χ0) is 7.90. The van der Waals surface area contributed by atoms with Crippen LogP contribution in [0, 0.1) is 0 Å². The fourth-order valence-electron chi connectivity index (χ4n) is 2.21. The van der Waals surface area contributed by atoms with Gasteiger partial charge in [0.15, 0.2) is 0 Å². The van der Waals surface area contributed by atoms with Crippen LogP contribution in [0.1, 0.15) is 32.1 Å². The molecule has 1 heterocycles. The molecule has 1 saturated carbocycles. The molecule has 3 nitrogen and oxygen atoms in total. The van der Waals surface area contributed by atoms with E-state index in [0.717, 1.165) is 6.54 Å². The molecule has 2 N–H and O–H groups in total. The van der Waals surface area contributed by atoms with Crippen LogP contribution in [0.15, 0.2) is 0 Å². The lowest BCUT2D eigenvalue weighted by Gasteiger charge is -2.20. The van der Waals surface area contributed by atoms with Gasteiger partial charge in [0.05, 0.1) is 5.54 Å². The lowest BCUT2D eigenvalue weighted by atomic mass is 9.89. The molecule has 11 heavy (non-hydrogen) atoms. The minimum absolute atomic E-state index is 0.226. The second kappa shape index (κ2) is 2.13. The molecular formula is C8H14N2O. The van der Waals surface area contributed by atoms with Crippen LogP contribution < -0.4 is 5.73 Å². The van der Waals surface area contributed by atoms with E-state index < -0.39 is 0 Å². The molecule has 0 aromatic heterocycles. The van der Waals surface area contributed by atoms with Gasteiger partial charge in [-0.1, -0.05) is 19.3 Å². The number of hydrogen-bond donors (Lipinski definition) is 1. The zero-order valence-electron chi connectivity index (χ0n) is 6.68. The number of nitrogens with zero attached hydrogens (tertiary/aromatic N) is 1. The lowest BCUT2D eigenvalue weighted by molar-refractivity contribution is 0.224. The molecular weight excluding hydrogens is 140 g/mol. The highest BCUT2D eigenvalue weighted by Crippen LogP contribution is 2.44. The van der Waals surface area contributed by atoms with E-state index >= 15 is 0 Å². The van der Waals surface area contributed by atoms with Gasteiger partial charge in [-0.3, -0.25) is 0 Å². The molecule has 2 fully saturated rings. The summed E-state index contributed by atoms with van der Waals surface area (Å²) >= 11 is 0. The van der Waals surface area contributed by atoms with E-state index in [4.69, 9.17) is 5.73 Å². The molecule has 62 valence electrons. The first-order chi connectivity index (χ1) is 5.25. The molecule has 3 heteroatoms. The first-order valence-electron chi connectivity index (χ1n) is 4.32. The Kier molecular flexibility index (Phi) is 1.34. The van der Waals surface area contributed by atoms with Gasteiger partial charge in [0, 0.05) is 6.54 Å². The predicted molar refractivity (Wildman–Crippen MR) is 42.1 cm³/mol. The van der Waals surface area contributed by atoms with Gasteiger partial charge >= 0.3 is 6.03 Å². The summed E-state index contributed by atoms with van der Waals surface area (Å²) in [5, 5.41) is 0. The van der Waals surface area contributed by atoms with Crippen molar-refractivity contribution in [2.45, 2.75) is 37.6 Å². The summed E-state index contributed by atoms with van der Waals surface area (Å²) in [5.41, 5.74) is 5.42. The Balaban J connectivity index is 1.99. The zero-order valence-corrected chi connectivity index (χ0v) is 6.68. The van der Waals surface area contributed by atoms with Crippen molar-refractivity contribution in [3.05, 3.63) is 0 Å². The molecule has 2 amide bonds. The second-order valence-electron chi connectivity index (χ2n) is 3.71. The molecule has 1 saturated heterocycles. The normalized spacial score (nSPS) is 27.1. The molecule has 0 aromatic carbocycles. The van der Waals surface area contributed by atoms with E-state index in [1.165, 1.54) is 32.1 Å². The van der Waals surface area contributed by atoms with Crippen molar-refractivity contribution in [3.8, 4) is 0 Å². The van der Waals surface area contributed by atoms with Gasteiger partial charge in [-0.15, -0.1) is 0 Å². The van der Waals surface area contributed by atoms with E-state index in [-0.39, 0.29) is 11.6 Å². The molecule has 0 unspecified atom stereocenters. The maximum absolute atomic E-state index is 10.8. The van der Waals surface area contributed by atoms with Gasteiger partial charge in [0.1, 0.15) is 0 Å². The first-order valence-corrected chi connectivity index (χ1v) is 4.32. The van der Waals surface area contributed by atoms with Crippen LogP contribution in [-0.2, 0) is 0 Å². The minimum Gasteiger partial charge on any atom is -0.351 e. The SMILES string of the molecule is NC(=O)N1CC12CCCCC2. The third-order valence-corrected chi connectivity index (χ3v) is 2.97. The monoisotopic (exact) mass is 154 g/mol. The highest BCUT2D eigenvalue weighted by molar-refractivity contribution is 5.76. The van der Waals surface area contributed by atoms with Crippen LogP contribution in [0.5, 0.6) is 0 Å². The van der Waals surface area contributed by atoms with E-state index in [0.29, 0.717) is 0 Å². The molecule has 0 atom stereocenters. The molecule has 0 aromatic rings. The molecule has 2 aliphatic rings. The van der Waals surface area contributed by atoms with Crippen LogP contribution in [0.4, 0.5) is 4.79 Å². The van der Waals surface area contributed by atoms with Crippen LogP contribution in [0.25, 0.3) is 0 Å². The summed E-state index contributed by atoms with van der Waals surface area (Å²) in [7, 11) is 0. The Bertz CT molecular complexity index is 185. The summed E-state index contributed by atoms with van der Waals surface area (Å²) in [6, 6.07) is -0.230. The Hall–Kier alpha value is -0.730. The maximum atomic E-state index is 10.8. The average molecular weight is 154 g/mol. The average Bonchev–Trinajstić information content (AvgIpc) is 2.66. The first kappa shape index (κ1) is 6.95. The number of carbonyl (C=O) groups is 1. The van der Waals surface area contributed by atoms with Gasteiger partial charge < -0.3 is 10.6 Å². The van der Waals surface area contributed by atoms with Crippen LogP contribution in [0.2, 0.25) is 0 Å². The topological polar surface area (TPSA) is 46.1 Å². The minimum atomic E-state index is -0.230. The maximum Gasteiger partial charge on any atom is 0.315 e. The standard InChI is InChI=1S/C8H14N2O/c9-7(11)10-6-8(10)4-2-1-3-5-8/h1-6H2,(H2,9,11). The fourth-order valence-corrected chi connectivity index (χ4v) is 2.21. The predicted octanol–water partition coefficient (Wildman–Crippen LogP) is 1.08. The summed E-state index contributed by atoms with van der Waals surface area (Å²) < 4.78 is 0. The number of amides is 2. The number of nitrogens with two attached hydrogens (primary N) is 1. The van der Waals surface area contributed by atoms with Crippen LogP contribution in [-0.4, -0.2) is 23.0 Å². The third kappa shape index (κ3) is 0.988. The van der Waals surface area contributed by atoms with Crippen molar-refractivity contribution in [1.29, 1.82) is 0 Å². The Labute approximate surface area is 66.5 Å². The number of urea groups is 1. The Morgan fingerprint density at radius 1 is 1.27 bits per heavy atom. The summed E-state index contributed by atoms with van der Waals surface area (Å²) in [5.74, 6) is 0. The number of hydrogen-bond acceptors (Lipinski definition) is 1. The van der Waals surface area contributed by atoms with E-state index in [2.05, 4.69) is 0 Å². The third-order valence-electron chi connectivity index (χ3n) is 2.97. The van der Waals surface area contributed by atoms with Gasteiger partial charge in [-0.25, -0.2) is 4.79 Å². The van der Waals surface area contributed by atoms with Crippen molar-refractivity contribution in [3.63, 3.8) is 0 Å². The Morgan fingerprint density at radius 2 is 1.91 bits per heavy atom. The number of carbonyl (C=O) groups excluding carboxylic acids is 1. The van der Waals surface area contributed by atoms with Crippen LogP contribution >= 0.6 is 0 Å². The summed E-state index contributed by atoms with van der Waals surface area (Å²) in [6.45, 7) is 0.919. The van der Waals surface area contributed by atoms with E-state index in [1.807, 2.05) is 4.90 Å². The van der Waals surface area contributed by atoms with Gasteiger partial charge in [0.25, 0.3) is 0 Å². The van der Waals surface area contributed by atoms with Crippen molar-refractivity contribution in [1.82, 2.24) is 4.90 Å². The molecule has 1 aliphatic heterocycles. The quantitative estimate of drug-likeness (QED) is 0.521. The fraction of sp³-hybridized carbons (Fsp3) is 0.875. The summed E-state index contributed by atoms with van der Waals surface area (Å²) in [4.78, 5) is 12.6. The number of primary amides is 1. The molecule has 0 radical (unpaired) electrons. The Morgan fingerprint density at radius 3 is 2.36 bits per heavy atom.